The van der Waals surface area contributed by atoms with Gasteiger partial charge in [0.2, 0.25) is 0 Å². The van der Waals surface area contributed by atoms with Crippen LogP contribution in [-0.4, -0.2) is 65.1 Å². The minimum Gasteiger partial charge on any atom is -0.383 e. The average molecular weight is 517 g/mol. The van der Waals surface area contributed by atoms with Crippen molar-refractivity contribution in [1.82, 2.24) is 25.0 Å². The zero-order valence-corrected chi connectivity index (χ0v) is 20.0. The molecule has 2 N–H and O–H groups in total. The lowest BCUT2D eigenvalue weighted by molar-refractivity contribution is 0.159. The Morgan fingerprint density at radius 1 is 1.27 bits per heavy atom. The molecule has 1 fully saturated rings. The number of ether oxygens (including phenoxy) is 1. The number of rotatable bonds is 7. The fraction of sp³-hybridized carbons (Fsp3) is 0.348. The Labute approximate surface area is 200 Å². The second kappa shape index (κ2) is 10.4. The number of pyridine rings is 1. The summed E-state index contributed by atoms with van der Waals surface area (Å²) >= 11 is 3.54. The number of carbonyl (C=O) groups is 1. The molecule has 2 amide bonds. The monoisotopic (exact) mass is 516 g/mol. The molecule has 174 valence electrons. The first-order chi connectivity index (χ1) is 16.0. The molecule has 1 aromatic carbocycles. The lowest BCUT2D eigenvalue weighted by Crippen LogP contribution is -2.42. The van der Waals surface area contributed by atoms with Crippen molar-refractivity contribution in [2.75, 3.05) is 38.7 Å². The van der Waals surface area contributed by atoms with E-state index in [0.717, 1.165) is 23.5 Å². The van der Waals surface area contributed by atoms with E-state index in [1.54, 1.807) is 18.0 Å². The van der Waals surface area contributed by atoms with E-state index in [-0.39, 0.29) is 18.0 Å². The van der Waals surface area contributed by atoms with E-state index >= 15 is 0 Å². The number of methoxy groups -OCH3 is 1. The highest BCUT2D eigenvalue weighted by molar-refractivity contribution is 9.10. The van der Waals surface area contributed by atoms with Gasteiger partial charge in [0, 0.05) is 38.9 Å². The summed E-state index contributed by atoms with van der Waals surface area (Å²) in [5, 5.41) is 10.5. The topological polar surface area (TPSA) is 84.3 Å². The molecule has 3 heterocycles. The van der Waals surface area contributed by atoms with Gasteiger partial charge in [0.05, 0.1) is 34.7 Å². The number of halogens is 2. The van der Waals surface area contributed by atoms with E-state index in [0.29, 0.717) is 30.0 Å². The summed E-state index contributed by atoms with van der Waals surface area (Å²) in [6.07, 6.45) is 2.84. The maximum atomic E-state index is 13.8. The van der Waals surface area contributed by atoms with Gasteiger partial charge in [0.15, 0.2) is 5.82 Å². The molecule has 1 aliphatic rings. The van der Waals surface area contributed by atoms with Gasteiger partial charge in [-0.1, -0.05) is 18.2 Å². The van der Waals surface area contributed by atoms with Crippen molar-refractivity contribution in [1.29, 1.82) is 0 Å². The molecule has 3 aromatic rings. The first-order valence-electron chi connectivity index (χ1n) is 10.7. The lowest BCUT2D eigenvalue weighted by Gasteiger charge is -2.20. The van der Waals surface area contributed by atoms with Gasteiger partial charge in [0.25, 0.3) is 0 Å². The standard InChI is InChI=1S/C23H26BrFN6O2/c1-15-21(24)22(31(29-15)18-6-4-3-5-7-18)28-23(32)27-20-14-30(8-9-33-2)13-19(20)16-10-17(25)12-26-11-16/h3-7,10-12,19-20H,8-9,13-14H2,1-2H3,(H2,27,28,32)/t19-,20+/m1/s1. The summed E-state index contributed by atoms with van der Waals surface area (Å²) < 4.78 is 21.4. The first kappa shape index (κ1) is 23.3. The molecule has 10 heteroatoms. The van der Waals surface area contributed by atoms with Crippen LogP contribution in [0.4, 0.5) is 15.0 Å². The molecule has 0 radical (unpaired) electrons. The van der Waals surface area contributed by atoms with Gasteiger partial charge < -0.3 is 10.1 Å². The van der Waals surface area contributed by atoms with Crippen molar-refractivity contribution in [3.63, 3.8) is 0 Å². The number of nitrogens with one attached hydrogen (secondary N) is 2. The molecule has 0 bridgehead atoms. The molecular weight excluding hydrogens is 491 g/mol. The summed E-state index contributed by atoms with van der Waals surface area (Å²) in [5.41, 5.74) is 2.34. The van der Waals surface area contributed by atoms with Crippen LogP contribution in [0, 0.1) is 12.7 Å². The van der Waals surface area contributed by atoms with E-state index in [9.17, 15) is 9.18 Å². The van der Waals surface area contributed by atoms with E-state index in [1.807, 2.05) is 37.3 Å². The minimum absolute atomic E-state index is 0.0972. The zero-order chi connectivity index (χ0) is 23.4. The van der Waals surface area contributed by atoms with Gasteiger partial charge in [-0.2, -0.15) is 5.10 Å². The van der Waals surface area contributed by atoms with Gasteiger partial charge in [-0.15, -0.1) is 0 Å². The molecule has 0 spiro atoms. The molecule has 4 rings (SSSR count). The third-order valence-electron chi connectivity index (χ3n) is 5.70. The number of amides is 2. The number of hydrogen-bond donors (Lipinski definition) is 2. The molecule has 2 atom stereocenters. The Balaban J connectivity index is 1.53. The Kier molecular flexibility index (Phi) is 7.36. The minimum atomic E-state index is -0.391. The maximum absolute atomic E-state index is 13.8. The van der Waals surface area contributed by atoms with Crippen molar-refractivity contribution in [2.24, 2.45) is 0 Å². The van der Waals surface area contributed by atoms with Crippen molar-refractivity contribution < 1.29 is 13.9 Å². The molecule has 8 nitrogen and oxygen atoms in total. The van der Waals surface area contributed by atoms with Gasteiger partial charge in [-0.3, -0.25) is 15.2 Å². The Morgan fingerprint density at radius 3 is 2.79 bits per heavy atom. The SMILES string of the molecule is COCCN1C[C@H](NC(=O)Nc2c(Br)c(C)nn2-c2ccccc2)[C@@H](c2cncc(F)c2)C1. The number of urea groups is 1. The normalized spacial score (nSPS) is 18.4. The largest absolute Gasteiger partial charge is 0.383 e. The fourth-order valence-electron chi connectivity index (χ4n) is 4.09. The van der Waals surface area contributed by atoms with Gasteiger partial charge in [0.1, 0.15) is 5.82 Å². The van der Waals surface area contributed by atoms with Crippen molar-refractivity contribution in [3.8, 4) is 5.69 Å². The Bertz CT molecular complexity index is 1110. The van der Waals surface area contributed by atoms with E-state index in [2.05, 4.69) is 41.5 Å². The summed E-state index contributed by atoms with van der Waals surface area (Å²) in [7, 11) is 1.66. The van der Waals surface area contributed by atoms with E-state index < -0.39 is 5.82 Å². The van der Waals surface area contributed by atoms with Gasteiger partial charge >= 0.3 is 6.03 Å². The van der Waals surface area contributed by atoms with Crippen LogP contribution >= 0.6 is 15.9 Å². The third-order valence-corrected chi connectivity index (χ3v) is 6.65. The van der Waals surface area contributed by atoms with Crippen LogP contribution in [0.3, 0.4) is 0 Å². The second-order valence-corrected chi connectivity index (χ2v) is 8.79. The highest BCUT2D eigenvalue weighted by Crippen LogP contribution is 2.30. The Hall–Kier alpha value is -2.82. The van der Waals surface area contributed by atoms with Crippen LogP contribution in [0.25, 0.3) is 5.69 Å². The number of para-hydroxylation sites is 1. The molecular formula is C23H26BrFN6O2. The molecule has 1 saturated heterocycles. The third kappa shape index (κ3) is 5.40. The van der Waals surface area contributed by atoms with E-state index in [4.69, 9.17) is 4.74 Å². The van der Waals surface area contributed by atoms with Crippen LogP contribution in [0.15, 0.2) is 53.3 Å². The highest BCUT2D eigenvalue weighted by Gasteiger charge is 2.35. The van der Waals surface area contributed by atoms with Gasteiger partial charge in [-0.25, -0.2) is 13.9 Å². The van der Waals surface area contributed by atoms with Crippen molar-refractivity contribution in [3.05, 3.63) is 70.3 Å². The molecule has 0 unspecified atom stereocenters. The number of hydrogen-bond acceptors (Lipinski definition) is 5. The number of likely N-dealkylation sites (tertiary alicyclic amines) is 1. The van der Waals surface area contributed by atoms with Crippen LogP contribution in [0.5, 0.6) is 0 Å². The highest BCUT2D eigenvalue weighted by atomic mass is 79.9. The molecule has 2 aromatic heterocycles. The average Bonchev–Trinajstić information content (AvgIpc) is 3.34. The van der Waals surface area contributed by atoms with Crippen LogP contribution in [0.1, 0.15) is 17.2 Å². The number of nitrogens with zero attached hydrogens (tertiary/aromatic N) is 4. The molecule has 0 saturated carbocycles. The first-order valence-corrected chi connectivity index (χ1v) is 11.5. The van der Waals surface area contributed by atoms with Crippen molar-refractivity contribution >= 4 is 27.8 Å². The van der Waals surface area contributed by atoms with Gasteiger partial charge in [-0.05, 0) is 46.6 Å². The lowest BCUT2D eigenvalue weighted by atomic mass is 9.96. The maximum Gasteiger partial charge on any atom is 0.320 e. The number of aromatic nitrogens is 3. The van der Waals surface area contributed by atoms with E-state index in [1.165, 1.54) is 12.3 Å². The summed E-state index contributed by atoms with van der Waals surface area (Å²) in [4.78, 5) is 19.2. The molecule has 33 heavy (non-hydrogen) atoms. The number of anilines is 1. The zero-order valence-electron chi connectivity index (χ0n) is 18.5. The smallest absolute Gasteiger partial charge is 0.320 e. The molecule has 0 aliphatic carbocycles. The Morgan fingerprint density at radius 2 is 2.06 bits per heavy atom. The number of benzene rings is 1. The van der Waals surface area contributed by atoms with Crippen molar-refractivity contribution in [2.45, 2.75) is 18.9 Å². The number of aryl methyl sites for hydroxylation is 1. The molecule has 1 aliphatic heterocycles. The quantitative estimate of drug-likeness (QED) is 0.500. The summed E-state index contributed by atoms with van der Waals surface area (Å²) in [6, 6.07) is 10.5. The summed E-state index contributed by atoms with van der Waals surface area (Å²) in [6.45, 7) is 4.46. The second-order valence-electron chi connectivity index (χ2n) is 8.00. The number of carbonyl (C=O) groups excluding carboxylic acids is 1. The van der Waals surface area contributed by atoms with Crippen LogP contribution in [0.2, 0.25) is 0 Å². The predicted molar refractivity (Wildman–Crippen MR) is 127 cm³/mol. The fourth-order valence-corrected chi connectivity index (χ4v) is 4.43. The van der Waals surface area contributed by atoms with Crippen LogP contribution < -0.4 is 10.6 Å². The summed E-state index contributed by atoms with van der Waals surface area (Å²) in [5.74, 6) is 0.0478. The predicted octanol–water partition coefficient (Wildman–Crippen LogP) is 3.71. The van der Waals surface area contributed by atoms with Crippen LogP contribution in [-0.2, 0) is 4.74 Å².